The van der Waals surface area contributed by atoms with Gasteiger partial charge in [-0.1, -0.05) is 116 Å². The van der Waals surface area contributed by atoms with Crippen molar-refractivity contribution in [3.05, 3.63) is 164 Å². The summed E-state index contributed by atoms with van der Waals surface area (Å²) < 4.78 is 26.6. The number of nitrogens with zero attached hydrogens (tertiary/aromatic N) is 2. The molecular weight excluding hydrogens is 809 g/mol. The summed E-state index contributed by atoms with van der Waals surface area (Å²) in [5.74, 6) is 0. The second kappa shape index (κ2) is 14.9. The standard InChI is InChI=1S/C30H20NS.C14H16NSi.Ir/c1-20-16-25(22-10-6-3-7-11-22)19-29-30(20)26-13-12-24(18-28(26)32-29)27-17-23(14-15-31-27)21-8-4-2-5-9-21;1-16(2,3)13-9-10-14(15-11-13)12-7-5-4-6-8-12;/h2-17,19H,1H3;4-7,9-11H,1-3H3;/q2*-1;/i1D3;;. The third kappa shape index (κ3) is 7.72. The second-order valence-corrected chi connectivity index (χ2v) is 18.9. The van der Waals surface area contributed by atoms with Gasteiger partial charge in [0, 0.05) is 41.3 Å². The quantitative estimate of drug-likeness (QED) is 0.127. The van der Waals surface area contributed by atoms with E-state index >= 15 is 0 Å². The van der Waals surface area contributed by atoms with E-state index in [9.17, 15) is 0 Å². The Hall–Kier alpha value is -4.51. The molecule has 3 heterocycles. The van der Waals surface area contributed by atoms with Crippen LogP contribution >= 0.6 is 11.3 Å². The Labute approximate surface area is 312 Å². The fraction of sp³-hybridized carbons (Fsp3) is 0.0909. The molecule has 8 rings (SSSR count). The van der Waals surface area contributed by atoms with Crippen molar-refractivity contribution < 1.29 is 24.2 Å². The Morgan fingerprint density at radius 2 is 1.39 bits per heavy atom. The molecule has 2 nitrogen and oxygen atoms in total. The van der Waals surface area contributed by atoms with Gasteiger partial charge in [-0.2, -0.15) is 11.3 Å². The van der Waals surface area contributed by atoms with Crippen molar-refractivity contribution in [1.82, 2.24) is 9.97 Å². The number of aromatic nitrogens is 2. The van der Waals surface area contributed by atoms with E-state index in [1.165, 1.54) is 5.19 Å². The normalized spacial score (nSPS) is 12.3. The van der Waals surface area contributed by atoms with E-state index in [-0.39, 0.29) is 20.1 Å². The summed E-state index contributed by atoms with van der Waals surface area (Å²) in [7, 11) is -1.23. The van der Waals surface area contributed by atoms with E-state index in [1.54, 1.807) is 11.3 Å². The molecule has 5 aromatic carbocycles. The summed E-state index contributed by atoms with van der Waals surface area (Å²) in [5.41, 5.74) is 8.31. The van der Waals surface area contributed by atoms with E-state index in [4.69, 9.17) is 4.11 Å². The first-order valence-corrected chi connectivity index (χ1v) is 20.3. The van der Waals surface area contributed by atoms with Crippen LogP contribution in [0, 0.1) is 19.0 Å². The molecule has 3 aromatic heterocycles. The molecule has 0 aliphatic heterocycles. The van der Waals surface area contributed by atoms with Crippen LogP contribution in [0.5, 0.6) is 0 Å². The van der Waals surface area contributed by atoms with Crippen LogP contribution in [0.1, 0.15) is 9.68 Å². The largest absolute Gasteiger partial charge is 0.305 e. The maximum Gasteiger partial charge on any atom is 0.0795 e. The van der Waals surface area contributed by atoms with E-state index < -0.39 is 14.9 Å². The van der Waals surface area contributed by atoms with E-state index in [2.05, 4.69) is 78.1 Å². The van der Waals surface area contributed by atoms with Gasteiger partial charge in [-0.25, -0.2) is 0 Å². The predicted octanol–water partition coefficient (Wildman–Crippen LogP) is 11.7. The van der Waals surface area contributed by atoms with Gasteiger partial charge in [0.2, 0.25) is 0 Å². The molecular formula is C44H36IrN2SSi-2. The minimum absolute atomic E-state index is 0. The molecule has 0 fully saturated rings. The Morgan fingerprint density at radius 1 is 0.653 bits per heavy atom. The zero-order valence-electron chi connectivity index (χ0n) is 30.5. The van der Waals surface area contributed by atoms with Crippen LogP contribution in [-0.2, 0) is 20.1 Å². The van der Waals surface area contributed by atoms with Crippen molar-refractivity contribution in [2.24, 2.45) is 0 Å². The molecule has 1 radical (unpaired) electrons. The van der Waals surface area contributed by atoms with Gasteiger partial charge in [0.1, 0.15) is 0 Å². The molecule has 49 heavy (non-hydrogen) atoms. The average Bonchev–Trinajstić information content (AvgIpc) is 3.53. The number of aryl methyl sites for hydroxylation is 1. The number of rotatable bonds is 5. The van der Waals surface area contributed by atoms with Gasteiger partial charge in [0.05, 0.1) is 8.07 Å². The Morgan fingerprint density at radius 3 is 2.04 bits per heavy atom. The van der Waals surface area contributed by atoms with Crippen molar-refractivity contribution in [2.75, 3.05) is 0 Å². The van der Waals surface area contributed by atoms with Crippen molar-refractivity contribution in [3.8, 4) is 44.8 Å². The maximum atomic E-state index is 8.23. The summed E-state index contributed by atoms with van der Waals surface area (Å²) in [6.07, 6.45) is 3.84. The van der Waals surface area contributed by atoms with Gasteiger partial charge in [-0.05, 0) is 67.9 Å². The molecule has 0 bridgehead atoms. The molecule has 0 spiro atoms. The minimum atomic E-state index is -2.22. The maximum absolute atomic E-state index is 8.23. The second-order valence-electron chi connectivity index (χ2n) is 12.7. The summed E-state index contributed by atoms with van der Waals surface area (Å²) in [4.78, 5) is 9.11. The van der Waals surface area contributed by atoms with Crippen molar-refractivity contribution in [3.63, 3.8) is 0 Å². The third-order valence-corrected chi connectivity index (χ3v) is 11.5. The zero-order chi connectivity index (χ0) is 35.6. The Kier molecular flexibility index (Phi) is 9.31. The van der Waals surface area contributed by atoms with E-state index in [1.807, 2.05) is 109 Å². The van der Waals surface area contributed by atoms with Crippen LogP contribution in [0.3, 0.4) is 0 Å². The van der Waals surface area contributed by atoms with Crippen molar-refractivity contribution in [2.45, 2.75) is 26.5 Å². The number of pyridine rings is 2. The molecule has 5 heteroatoms. The van der Waals surface area contributed by atoms with Crippen molar-refractivity contribution in [1.29, 1.82) is 0 Å². The van der Waals surface area contributed by atoms with Crippen LogP contribution in [0.2, 0.25) is 19.6 Å². The summed E-state index contributed by atoms with van der Waals surface area (Å²) >= 11 is 1.58. The van der Waals surface area contributed by atoms with Gasteiger partial charge >= 0.3 is 0 Å². The van der Waals surface area contributed by atoms with Crippen LogP contribution in [0.25, 0.3) is 64.9 Å². The van der Waals surface area contributed by atoms with Crippen LogP contribution in [0.15, 0.2) is 146 Å². The predicted molar refractivity (Wildman–Crippen MR) is 208 cm³/mol. The van der Waals surface area contributed by atoms with Gasteiger partial charge in [-0.15, -0.1) is 59.7 Å². The first kappa shape index (κ1) is 30.5. The van der Waals surface area contributed by atoms with Crippen LogP contribution in [0.4, 0.5) is 0 Å². The molecule has 243 valence electrons. The minimum Gasteiger partial charge on any atom is -0.305 e. The molecule has 0 N–H and O–H groups in total. The topological polar surface area (TPSA) is 25.8 Å². The molecule has 0 aliphatic carbocycles. The van der Waals surface area contributed by atoms with E-state index in [0.717, 1.165) is 64.9 Å². The fourth-order valence-electron chi connectivity index (χ4n) is 5.72. The first-order valence-electron chi connectivity index (χ1n) is 17.5. The molecule has 0 saturated heterocycles. The molecule has 0 aliphatic rings. The van der Waals surface area contributed by atoms with Gasteiger partial charge < -0.3 is 9.97 Å². The number of thiophene rings is 1. The monoisotopic (exact) mass is 848 g/mol. The summed E-state index contributed by atoms with van der Waals surface area (Å²) in [5, 5.41) is 3.10. The third-order valence-electron chi connectivity index (χ3n) is 8.36. The van der Waals surface area contributed by atoms with Crippen LogP contribution < -0.4 is 5.19 Å². The molecule has 0 unspecified atom stereocenters. The first-order chi connectivity index (χ1) is 24.5. The molecule has 0 amide bonds. The fourth-order valence-corrected chi connectivity index (χ4v) is 7.92. The summed E-state index contributed by atoms with van der Waals surface area (Å²) in [6.45, 7) is 4.77. The van der Waals surface area contributed by atoms with Gasteiger partial charge in [-0.3, -0.25) is 0 Å². The number of hydrogen-bond donors (Lipinski definition) is 0. The van der Waals surface area contributed by atoms with Crippen molar-refractivity contribution >= 4 is 44.8 Å². The Bertz CT molecular complexity index is 2430. The molecule has 0 saturated carbocycles. The average molecular weight is 848 g/mol. The molecule has 0 atom stereocenters. The smallest absolute Gasteiger partial charge is 0.0795 e. The van der Waals surface area contributed by atoms with E-state index in [0.29, 0.717) is 5.56 Å². The SMILES string of the molecule is C[Si](C)(C)c1ccc(-c2[c-]cccc2)nc1.[2H]C([2H])([2H])c1cc(-c2ccccc2)cc2sc3[c-]c(-c4cc(-c5ccccc5)ccn4)ccc3c12.[Ir]. The van der Waals surface area contributed by atoms with Crippen LogP contribution in [-0.4, -0.2) is 18.0 Å². The number of fused-ring (bicyclic) bond motifs is 3. The van der Waals surface area contributed by atoms with Gasteiger partial charge in [0.15, 0.2) is 0 Å². The van der Waals surface area contributed by atoms with Gasteiger partial charge in [0.25, 0.3) is 0 Å². The number of benzene rings is 5. The zero-order valence-corrected chi connectivity index (χ0v) is 31.7. The summed E-state index contributed by atoms with van der Waals surface area (Å²) in [6, 6.07) is 51.1. The number of hydrogen-bond acceptors (Lipinski definition) is 3. The Balaban J connectivity index is 0.000000230. The molecule has 8 aromatic rings.